The van der Waals surface area contributed by atoms with E-state index in [2.05, 4.69) is 10.6 Å². The molecule has 0 atom stereocenters. The van der Waals surface area contributed by atoms with E-state index in [1.807, 2.05) is 0 Å². The van der Waals surface area contributed by atoms with Crippen LogP contribution in [0.2, 0.25) is 5.02 Å². The third-order valence-corrected chi connectivity index (χ3v) is 4.85. The summed E-state index contributed by atoms with van der Waals surface area (Å²) in [6.07, 6.45) is 1.38. The fourth-order valence-corrected chi connectivity index (χ4v) is 3.12. The highest BCUT2D eigenvalue weighted by molar-refractivity contribution is 7.12. The highest BCUT2D eigenvalue weighted by Crippen LogP contribution is 2.18. The van der Waals surface area contributed by atoms with Gasteiger partial charge in [-0.2, -0.15) is 0 Å². The minimum Gasteiger partial charge on any atom is -0.321 e. The molecule has 0 fully saturated rings. The van der Waals surface area contributed by atoms with Gasteiger partial charge in [-0.05, 0) is 47.4 Å². The van der Waals surface area contributed by atoms with Crippen LogP contribution >= 0.6 is 22.9 Å². The first-order valence-corrected chi connectivity index (χ1v) is 9.56. The Morgan fingerprint density at radius 2 is 1.83 bits per heavy atom. The van der Waals surface area contributed by atoms with Gasteiger partial charge in [-0.15, -0.1) is 11.3 Å². The molecule has 0 aliphatic carbocycles. The summed E-state index contributed by atoms with van der Waals surface area (Å²) in [6.45, 7) is 0. The summed E-state index contributed by atoms with van der Waals surface area (Å²) in [6, 6.07) is 15.6. The number of nitro benzene ring substituents is 1. The second-order valence-corrected chi connectivity index (χ2v) is 7.19. The van der Waals surface area contributed by atoms with E-state index in [1.165, 1.54) is 35.6 Å². The van der Waals surface area contributed by atoms with Crippen LogP contribution in [0.25, 0.3) is 6.08 Å². The van der Waals surface area contributed by atoms with Gasteiger partial charge in [0, 0.05) is 22.8 Å². The van der Waals surface area contributed by atoms with Crippen LogP contribution in [0.5, 0.6) is 0 Å². The second kappa shape index (κ2) is 9.13. The Kier molecular flexibility index (Phi) is 6.38. The number of nitro groups is 1. The highest BCUT2D eigenvalue weighted by atomic mass is 35.5. The summed E-state index contributed by atoms with van der Waals surface area (Å²) in [5.74, 6) is -1.04. The van der Waals surface area contributed by atoms with Gasteiger partial charge in [0.25, 0.3) is 17.5 Å². The van der Waals surface area contributed by atoms with Gasteiger partial charge < -0.3 is 10.6 Å². The second-order valence-electron chi connectivity index (χ2n) is 5.80. The molecule has 0 saturated carbocycles. The van der Waals surface area contributed by atoms with Crippen molar-refractivity contribution < 1.29 is 14.5 Å². The molecule has 0 aliphatic rings. The van der Waals surface area contributed by atoms with Crippen molar-refractivity contribution in [2.75, 3.05) is 5.32 Å². The number of thiophene rings is 1. The van der Waals surface area contributed by atoms with E-state index >= 15 is 0 Å². The predicted molar refractivity (Wildman–Crippen MR) is 113 cm³/mol. The van der Waals surface area contributed by atoms with E-state index in [0.717, 1.165) is 0 Å². The van der Waals surface area contributed by atoms with Crippen LogP contribution < -0.4 is 10.6 Å². The largest absolute Gasteiger partial charge is 0.321 e. The minimum atomic E-state index is -0.580. The van der Waals surface area contributed by atoms with E-state index in [9.17, 15) is 19.7 Å². The molecule has 2 amide bonds. The zero-order valence-corrected chi connectivity index (χ0v) is 16.4. The molecule has 0 bridgehead atoms. The Balaban J connectivity index is 1.91. The summed E-state index contributed by atoms with van der Waals surface area (Å²) in [4.78, 5) is 36.1. The number of anilines is 1. The predicted octanol–water partition coefficient (Wildman–Crippen LogP) is 4.72. The van der Waals surface area contributed by atoms with Gasteiger partial charge in [0.15, 0.2) is 0 Å². The zero-order chi connectivity index (χ0) is 20.8. The van der Waals surface area contributed by atoms with E-state index in [4.69, 9.17) is 11.6 Å². The summed E-state index contributed by atoms with van der Waals surface area (Å²) in [5.41, 5.74) is 0.696. The molecule has 0 saturated heterocycles. The van der Waals surface area contributed by atoms with Crippen LogP contribution in [-0.2, 0) is 4.79 Å². The summed E-state index contributed by atoms with van der Waals surface area (Å²) >= 11 is 7.08. The molecule has 2 N–H and O–H groups in total. The monoisotopic (exact) mass is 427 g/mol. The number of benzene rings is 2. The van der Waals surface area contributed by atoms with Crippen LogP contribution in [0, 0.1) is 10.1 Å². The van der Waals surface area contributed by atoms with Crippen molar-refractivity contribution >= 4 is 52.2 Å². The minimum absolute atomic E-state index is 0.0566. The lowest BCUT2D eigenvalue weighted by atomic mass is 10.1. The normalized spacial score (nSPS) is 11.0. The van der Waals surface area contributed by atoms with Crippen molar-refractivity contribution in [2.45, 2.75) is 0 Å². The average Bonchev–Trinajstić information content (AvgIpc) is 3.24. The van der Waals surface area contributed by atoms with Crippen LogP contribution in [0.3, 0.4) is 0 Å². The van der Waals surface area contributed by atoms with Gasteiger partial charge in [0.2, 0.25) is 0 Å². The molecule has 9 heteroatoms. The van der Waals surface area contributed by atoms with Gasteiger partial charge in [-0.3, -0.25) is 19.7 Å². The molecule has 0 spiro atoms. The molecule has 7 nitrogen and oxygen atoms in total. The van der Waals surface area contributed by atoms with E-state index in [-0.39, 0.29) is 11.4 Å². The fourth-order valence-electron chi connectivity index (χ4n) is 2.38. The Morgan fingerprint density at radius 3 is 2.48 bits per heavy atom. The van der Waals surface area contributed by atoms with Crippen LogP contribution in [0.15, 0.2) is 71.7 Å². The van der Waals surface area contributed by atoms with Gasteiger partial charge in [-0.25, -0.2) is 0 Å². The summed E-state index contributed by atoms with van der Waals surface area (Å²) in [5, 5.41) is 18.5. The molecule has 146 valence electrons. The lowest BCUT2D eigenvalue weighted by Gasteiger charge is -2.11. The molecule has 0 unspecified atom stereocenters. The first kappa shape index (κ1) is 20.2. The first-order valence-electron chi connectivity index (χ1n) is 8.30. The maximum atomic E-state index is 12.8. The number of non-ortho nitro benzene ring substituents is 1. The molecular weight excluding hydrogens is 414 g/mol. The van der Waals surface area contributed by atoms with E-state index in [0.29, 0.717) is 21.2 Å². The maximum Gasteiger partial charge on any atom is 0.272 e. The van der Waals surface area contributed by atoms with Crippen molar-refractivity contribution in [2.24, 2.45) is 0 Å². The number of hydrogen-bond acceptors (Lipinski definition) is 5. The van der Waals surface area contributed by atoms with E-state index in [1.54, 1.807) is 47.8 Å². The van der Waals surface area contributed by atoms with Crippen molar-refractivity contribution in [3.05, 3.63) is 97.3 Å². The number of nitrogens with one attached hydrogen (secondary N) is 2. The maximum absolute atomic E-state index is 12.8. The van der Waals surface area contributed by atoms with Gasteiger partial charge in [0.05, 0.1) is 9.80 Å². The van der Waals surface area contributed by atoms with Crippen molar-refractivity contribution in [3.63, 3.8) is 0 Å². The van der Waals surface area contributed by atoms with Gasteiger partial charge >= 0.3 is 0 Å². The van der Waals surface area contributed by atoms with Crippen LogP contribution in [0.4, 0.5) is 11.4 Å². The van der Waals surface area contributed by atoms with Gasteiger partial charge in [-0.1, -0.05) is 29.8 Å². The third kappa shape index (κ3) is 5.50. The average molecular weight is 428 g/mol. The zero-order valence-electron chi connectivity index (χ0n) is 14.8. The van der Waals surface area contributed by atoms with E-state index < -0.39 is 16.7 Å². The quantitative estimate of drug-likeness (QED) is 0.337. The molecule has 29 heavy (non-hydrogen) atoms. The Labute approximate surface area is 174 Å². The first-order chi connectivity index (χ1) is 13.9. The Bertz CT molecular complexity index is 1080. The number of rotatable bonds is 6. The third-order valence-electron chi connectivity index (χ3n) is 3.73. The van der Waals surface area contributed by atoms with Crippen molar-refractivity contribution in [1.82, 2.24) is 5.32 Å². The Morgan fingerprint density at radius 1 is 1.07 bits per heavy atom. The van der Waals surface area contributed by atoms with Gasteiger partial charge in [0.1, 0.15) is 5.70 Å². The number of halogens is 1. The van der Waals surface area contributed by atoms with Crippen molar-refractivity contribution in [1.29, 1.82) is 0 Å². The molecule has 3 aromatic rings. The summed E-state index contributed by atoms with van der Waals surface area (Å²) < 4.78 is 0. The van der Waals surface area contributed by atoms with Crippen LogP contribution in [-0.4, -0.2) is 16.7 Å². The highest BCUT2D eigenvalue weighted by Gasteiger charge is 2.16. The van der Waals surface area contributed by atoms with Crippen molar-refractivity contribution in [3.8, 4) is 0 Å². The number of carbonyl (C=O) groups is 2. The molecular formula is C20H14ClN3O4S. The SMILES string of the molecule is O=C(Nc1ccc(Cl)cc1)/C(=C\c1cccc([N+](=O)[O-])c1)NC(=O)c1cccs1. The molecule has 3 rings (SSSR count). The lowest BCUT2D eigenvalue weighted by molar-refractivity contribution is -0.384. The smallest absolute Gasteiger partial charge is 0.272 e. The number of nitrogens with zero attached hydrogens (tertiary/aromatic N) is 1. The summed E-state index contributed by atoms with van der Waals surface area (Å²) in [7, 11) is 0. The topological polar surface area (TPSA) is 101 Å². The number of hydrogen-bond donors (Lipinski definition) is 2. The lowest BCUT2D eigenvalue weighted by Crippen LogP contribution is -2.30. The molecule has 0 radical (unpaired) electrons. The fraction of sp³-hybridized carbons (Fsp3) is 0. The molecule has 1 heterocycles. The Hall–Kier alpha value is -3.49. The number of carbonyl (C=O) groups excluding carboxylic acids is 2. The molecule has 1 aromatic heterocycles. The molecule has 0 aliphatic heterocycles. The van der Waals surface area contributed by atoms with Crippen LogP contribution in [0.1, 0.15) is 15.2 Å². The standard InChI is InChI=1S/C20H14ClN3O4S/c21-14-6-8-15(9-7-14)22-19(25)17(23-20(26)18-5-2-10-29-18)12-13-3-1-4-16(11-13)24(27)28/h1-12H,(H,22,25)(H,23,26)/b17-12+. The number of amides is 2. The molecule has 2 aromatic carbocycles.